The fraction of sp³-hybridized carbons (Fsp3) is 0.357. The van der Waals surface area contributed by atoms with Gasteiger partial charge in [0.2, 0.25) is 0 Å². The van der Waals surface area contributed by atoms with E-state index in [4.69, 9.17) is 10.5 Å². The first-order valence-corrected chi connectivity index (χ1v) is 6.94. The molecule has 0 radical (unpaired) electrons. The lowest BCUT2D eigenvalue weighted by molar-refractivity contribution is 0.275. The number of nitrogens with zero attached hydrogens (tertiary/aromatic N) is 1. The highest BCUT2D eigenvalue weighted by Gasteiger charge is 2.20. The van der Waals surface area contributed by atoms with Gasteiger partial charge < -0.3 is 10.5 Å². The molecule has 3 nitrogen and oxygen atoms in total. The van der Waals surface area contributed by atoms with Gasteiger partial charge in [-0.1, -0.05) is 6.92 Å². The smallest absolute Gasteiger partial charge is 0.137 e. The largest absolute Gasteiger partial charge is 0.501 e. The van der Waals surface area contributed by atoms with Gasteiger partial charge in [0.1, 0.15) is 11.6 Å². The number of nitrogen functional groups attached to an aromatic ring is 1. The quantitative estimate of drug-likeness (QED) is 0.913. The van der Waals surface area contributed by atoms with Gasteiger partial charge in [-0.3, -0.25) is 0 Å². The molecule has 0 atom stereocenters. The highest BCUT2D eigenvalue weighted by molar-refractivity contribution is 9.10. The summed E-state index contributed by atoms with van der Waals surface area (Å²) in [7, 11) is 1.56. The molecule has 0 saturated carbocycles. The lowest BCUT2D eigenvalue weighted by Gasteiger charge is -2.18. The number of allylic oxidation sites excluding steroid dienone is 4. The van der Waals surface area contributed by atoms with Crippen molar-refractivity contribution in [1.29, 1.82) is 0 Å². The summed E-state index contributed by atoms with van der Waals surface area (Å²) >= 11 is 3.43. The number of rotatable bonds is 3. The van der Waals surface area contributed by atoms with Gasteiger partial charge in [0.05, 0.1) is 17.3 Å². The molecule has 1 aliphatic carbocycles. The van der Waals surface area contributed by atoms with Crippen LogP contribution in [0.15, 0.2) is 28.3 Å². The first-order valence-electron chi connectivity index (χ1n) is 6.14. The number of hydrogen-bond acceptors (Lipinski definition) is 3. The Balaban J connectivity index is 2.54. The third-order valence-corrected chi connectivity index (χ3v) is 4.17. The maximum absolute atomic E-state index is 14.2. The average Bonchev–Trinajstić information content (AvgIpc) is 2.42. The van der Waals surface area contributed by atoms with Crippen molar-refractivity contribution in [3.63, 3.8) is 0 Å². The number of ether oxygens (including phenoxy) is 1. The van der Waals surface area contributed by atoms with Crippen LogP contribution >= 0.6 is 15.9 Å². The van der Waals surface area contributed by atoms with Crippen LogP contribution in [0.3, 0.4) is 0 Å². The SMILES string of the molecule is CCc1c(C2=C(F)C=C(OC)CC2)cnc(N)c1Br. The molecule has 0 bridgehead atoms. The fourth-order valence-electron chi connectivity index (χ4n) is 2.24. The van der Waals surface area contributed by atoms with Crippen LogP contribution in [0.5, 0.6) is 0 Å². The van der Waals surface area contributed by atoms with E-state index in [9.17, 15) is 4.39 Å². The maximum Gasteiger partial charge on any atom is 0.137 e. The van der Waals surface area contributed by atoms with Crippen LogP contribution in [-0.2, 0) is 11.2 Å². The Hall–Kier alpha value is -1.36. The van der Waals surface area contributed by atoms with E-state index in [0.717, 1.165) is 22.0 Å². The number of halogens is 2. The molecule has 0 amide bonds. The minimum absolute atomic E-state index is 0.253. The maximum atomic E-state index is 14.2. The van der Waals surface area contributed by atoms with Crippen LogP contribution in [0.2, 0.25) is 0 Å². The second-order valence-electron chi connectivity index (χ2n) is 4.34. The molecule has 5 heteroatoms. The Morgan fingerprint density at radius 1 is 1.47 bits per heavy atom. The van der Waals surface area contributed by atoms with Crippen LogP contribution in [-0.4, -0.2) is 12.1 Å². The number of anilines is 1. The third-order valence-electron chi connectivity index (χ3n) is 3.29. The summed E-state index contributed by atoms with van der Waals surface area (Å²) in [5, 5.41) is 0. The molecule has 0 saturated heterocycles. The number of pyridine rings is 1. The molecule has 2 N–H and O–H groups in total. The van der Waals surface area contributed by atoms with Gasteiger partial charge in [0, 0.05) is 24.3 Å². The number of hydrogen-bond donors (Lipinski definition) is 1. The topological polar surface area (TPSA) is 48.1 Å². The third kappa shape index (κ3) is 2.66. The van der Waals surface area contributed by atoms with Gasteiger partial charge in [-0.05, 0) is 39.9 Å². The minimum atomic E-state index is -0.253. The van der Waals surface area contributed by atoms with Gasteiger partial charge in [0.15, 0.2) is 0 Å². The van der Waals surface area contributed by atoms with Crippen LogP contribution in [0.4, 0.5) is 10.2 Å². The van der Waals surface area contributed by atoms with Gasteiger partial charge in [-0.15, -0.1) is 0 Å². The second kappa shape index (κ2) is 5.74. The number of methoxy groups -OCH3 is 1. The second-order valence-corrected chi connectivity index (χ2v) is 5.14. The molecule has 2 rings (SSSR count). The number of aromatic nitrogens is 1. The summed E-state index contributed by atoms with van der Waals surface area (Å²) in [6.07, 6.45) is 5.17. The normalized spacial score (nSPS) is 15.5. The molecule has 1 aromatic heterocycles. The summed E-state index contributed by atoms with van der Waals surface area (Å²) in [5.74, 6) is 0.851. The summed E-state index contributed by atoms with van der Waals surface area (Å²) < 4.78 is 20.0. The molecule has 0 spiro atoms. The van der Waals surface area contributed by atoms with Crippen molar-refractivity contribution in [2.75, 3.05) is 12.8 Å². The number of nitrogens with two attached hydrogens (primary N) is 1. The van der Waals surface area contributed by atoms with E-state index in [2.05, 4.69) is 20.9 Å². The zero-order valence-electron chi connectivity index (χ0n) is 11.0. The Kier molecular flexibility index (Phi) is 4.24. The zero-order valence-corrected chi connectivity index (χ0v) is 12.6. The molecule has 0 aromatic carbocycles. The predicted molar refractivity (Wildman–Crippen MR) is 78.1 cm³/mol. The van der Waals surface area contributed by atoms with Crippen molar-refractivity contribution in [2.45, 2.75) is 26.2 Å². The van der Waals surface area contributed by atoms with Crippen LogP contribution in [0, 0.1) is 0 Å². The van der Waals surface area contributed by atoms with Crippen molar-refractivity contribution in [2.24, 2.45) is 0 Å². The molecule has 1 aliphatic rings. The molecule has 1 heterocycles. The van der Waals surface area contributed by atoms with Crippen molar-refractivity contribution in [3.8, 4) is 0 Å². The first kappa shape index (κ1) is 14.1. The van der Waals surface area contributed by atoms with Crippen molar-refractivity contribution in [3.05, 3.63) is 39.5 Å². The van der Waals surface area contributed by atoms with Crippen LogP contribution in [0.25, 0.3) is 5.57 Å². The minimum Gasteiger partial charge on any atom is -0.501 e. The predicted octanol–water partition coefficient (Wildman–Crippen LogP) is 3.99. The van der Waals surface area contributed by atoms with Crippen LogP contribution in [0.1, 0.15) is 30.9 Å². The highest BCUT2D eigenvalue weighted by Crippen LogP contribution is 2.37. The van der Waals surface area contributed by atoms with E-state index in [0.29, 0.717) is 30.0 Å². The molecular formula is C14H16BrFN2O. The van der Waals surface area contributed by atoms with E-state index >= 15 is 0 Å². The van der Waals surface area contributed by atoms with Crippen molar-refractivity contribution in [1.82, 2.24) is 4.98 Å². The first-order chi connectivity index (χ1) is 9.08. The fourth-order valence-corrected chi connectivity index (χ4v) is 2.84. The van der Waals surface area contributed by atoms with Gasteiger partial charge >= 0.3 is 0 Å². The van der Waals surface area contributed by atoms with Crippen LogP contribution < -0.4 is 5.73 Å². The van der Waals surface area contributed by atoms with Gasteiger partial charge in [-0.2, -0.15) is 0 Å². The molecule has 1 aromatic rings. The van der Waals surface area contributed by atoms with E-state index in [1.54, 1.807) is 13.3 Å². The Labute approximate surface area is 120 Å². The molecule has 0 fully saturated rings. The van der Waals surface area contributed by atoms with Crippen molar-refractivity contribution >= 4 is 27.3 Å². The van der Waals surface area contributed by atoms with Gasteiger partial charge in [0.25, 0.3) is 0 Å². The lowest BCUT2D eigenvalue weighted by Crippen LogP contribution is -2.04. The zero-order chi connectivity index (χ0) is 14.0. The van der Waals surface area contributed by atoms with Crippen molar-refractivity contribution < 1.29 is 9.13 Å². The highest BCUT2D eigenvalue weighted by atomic mass is 79.9. The summed E-state index contributed by atoms with van der Waals surface area (Å²) in [6.45, 7) is 2.01. The van der Waals surface area contributed by atoms with E-state index in [1.165, 1.54) is 6.08 Å². The summed E-state index contributed by atoms with van der Waals surface area (Å²) in [4.78, 5) is 4.11. The van der Waals surface area contributed by atoms with E-state index in [-0.39, 0.29) is 5.83 Å². The van der Waals surface area contributed by atoms with Gasteiger partial charge in [-0.25, -0.2) is 9.37 Å². The summed E-state index contributed by atoms with van der Waals surface area (Å²) in [5.41, 5.74) is 8.26. The van der Waals surface area contributed by atoms with E-state index in [1.807, 2.05) is 6.92 Å². The average molecular weight is 327 g/mol. The molecule has 0 unspecified atom stereocenters. The standard InChI is InChI=1S/C14H16BrFN2O/c1-3-9-11(7-18-14(17)13(9)15)10-5-4-8(19-2)6-12(10)16/h6-7H,3-5H2,1-2H3,(H2,17,18). The summed E-state index contributed by atoms with van der Waals surface area (Å²) in [6, 6.07) is 0. The molecule has 0 aliphatic heterocycles. The monoisotopic (exact) mass is 326 g/mol. The Morgan fingerprint density at radius 2 is 2.21 bits per heavy atom. The molecule has 102 valence electrons. The lowest BCUT2D eigenvalue weighted by atomic mass is 9.92. The Morgan fingerprint density at radius 3 is 2.79 bits per heavy atom. The Bertz CT molecular complexity index is 567. The van der Waals surface area contributed by atoms with E-state index < -0.39 is 0 Å². The molecule has 19 heavy (non-hydrogen) atoms. The molecular weight excluding hydrogens is 311 g/mol.